The van der Waals surface area contributed by atoms with Crippen molar-refractivity contribution < 1.29 is 4.79 Å². The predicted molar refractivity (Wildman–Crippen MR) is 111 cm³/mol. The van der Waals surface area contributed by atoms with E-state index in [-0.39, 0.29) is 42.1 Å². The van der Waals surface area contributed by atoms with Crippen molar-refractivity contribution in [2.24, 2.45) is 5.92 Å². The van der Waals surface area contributed by atoms with Crippen LogP contribution < -0.4 is 21.9 Å². The smallest absolute Gasteiger partial charge is 0.252 e. The SMILES string of the molecule is Cl.Cl.Nc1cc(=O)[nH]c(CCNC(=O)c2ccc(CC3CCNC3)cc2)n1. The Morgan fingerprint density at radius 1 is 1.26 bits per heavy atom. The van der Waals surface area contributed by atoms with Crippen LogP contribution in [0.5, 0.6) is 0 Å². The van der Waals surface area contributed by atoms with Crippen LogP contribution in [-0.4, -0.2) is 35.5 Å². The Bertz CT molecular complexity index is 789. The van der Waals surface area contributed by atoms with Crippen LogP contribution in [0.3, 0.4) is 0 Å². The number of nitrogens with two attached hydrogens (primary N) is 1. The van der Waals surface area contributed by atoms with Gasteiger partial charge in [-0.2, -0.15) is 0 Å². The zero-order chi connectivity index (χ0) is 17.6. The average molecular weight is 414 g/mol. The van der Waals surface area contributed by atoms with Crippen LogP contribution in [-0.2, 0) is 12.8 Å². The largest absolute Gasteiger partial charge is 0.383 e. The second-order valence-corrected chi connectivity index (χ2v) is 6.38. The molecule has 0 bridgehead atoms. The molecule has 1 aromatic heterocycles. The van der Waals surface area contributed by atoms with E-state index in [1.807, 2.05) is 24.3 Å². The van der Waals surface area contributed by atoms with Gasteiger partial charge in [0.25, 0.3) is 11.5 Å². The molecule has 1 amide bonds. The maximum Gasteiger partial charge on any atom is 0.252 e. The second kappa shape index (κ2) is 10.9. The van der Waals surface area contributed by atoms with E-state index in [2.05, 4.69) is 20.6 Å². The molecule has 5 N–H and O–H groups in total. The Kier molecular flexibility index (Phi) is 9.28. The summed E-state index contributed by atoms with van der Waals surface area (Å²) in [6, 6.07) is 8.97. The quantitative estimate of drug-likeness (QED) is 0.570. The number of H-pyrrole nitrogens is 1. The summed E-state index contributed by atoms with van der Waals surface area (Å²) in [6.45, 7) is 2.54. The first-order chi connectivity index (χ1) is 12.1. The molecule has 7 nitrogen and oxygen atoms in total. The van der Waals surface area contributed by atoms with E-state index in [0.717, 1.165) is 19.5 Å². The van der Waals surface area contributed by atoms with Gasteiger partial charge < -0.3 is 21.4 Å². The van der Waals surface area contributed by atoms with Gasteiger partial charge in [-0.3, -0.25) is 9.59 Å². The fourth-order valence-corrected chi connectivity index (χ4v) is 3.06. The summed E-state index contributed by atoms with van der Waals surface area (Å²) in [7, 11) is 0. The van der Waals surface area contributed by atoms with Gasteiger partial charge in [0.05, 0.1) is 0 Å². The first-order valence-corrected chi connectivity index (χ1v) is 8.54. The molecule has 1 atom stereocenters. The normalized spacial score (nSPS) is 15.5. The number of nitrogen functional groups attached to an aromatic ring is 1. The van der Waals surface area contributed by atoms with Crippen LogP contribution in [0.2, 0.25) is 0 Å². The molecule has 1 aliphatic rings. The molecule has 2 aromatic rings. The molecule has 148 valence electrons. The Labute approximate surface area is 170 Å². The van der Waals surface area contributed by atoms with Crippen LogP contribution in [0.15, 0.2) is 35.1 Å². The van der Waals surface area contributed by atoms with E-state index in [1.165, 1.54) is 18.1 Å². The van der Waals surface area contributed by atoms with Crippen LogP contribution in [0.1, 0.15) is 28.2 Å². The number of nitrogens with one attached hydrogen (secondary N) is 3. The van der Waals surface area contributed by atoms with Crippen molar-refractivity contribution in [1.29, 1.82) is 0 Å². The Balaban J connectivity index is 0.00000182. The fourth-order valence-electron chi connectivity index (χ4n) is 3.06. The lowest BCUT2D eigenvalue weighted by Crippen LogP contribution is -2.27. The molecule has 1 unspecified atom stereocenters. The number of benzene rings is 1. The summed E-state index contributed by atoms with van der Waals surface area (Å²) < 4.78 is 0. The average Bonchev–Trinajstić information content (AvgIpc) is 3.07. The van der Waals surface area contributed by atoms with Gasteiger partial charge >= 0.3 is 0 Å². The minimum absolute atomic E-state index is 0. The number of halogens is 2. The maximum atomic E-state index is 12.2. The molecule has 1 fully saturated rings. The van der Waals surface area contributed by atoms with Gasteiger partial charge in [0.1, 0.15) is 11.6 Å². The van der Waals surface area contributed by atoms with Crippen molar-refractivity contribution in [1.82, 2.24) is 20.6 Å². The van der Waals surface area contributed by atoms with E-state index in [9.17, 15) is 9.59 Å². The topological polar surface area (TPSA) is 113 Å². The molecule has 3 rings (SSSR count). The molecule has 1 aliphatic heterocycles. The number of carbonyl (C=O) groups excluding carboxylic acids is 1. The third kappa shape index (κ3) is 6.86. The monoisotopic (exact) mass is 413 g/mol. The predicted octanol–water partition coefficient (Wildman–Crippen LogP) is 1.32. The number of nitrogens with zero attached hydrogens (tertiary/aromatic N) is 1. The number of anilines is 1. The highest BCUT2D eigenvalue weighted by molar-refractivity contribution is 5.94. The van der Waals surface area contributed by atoms with Crippen molar-refractivity contribution in [3.8, 4) is 0 Å². The summed E-state index contributed by atoms with van der Waals surface area (Å²) in [6.07, 6.45) is 2.67. The number of hydrogen-bond acceptors (Lipinski definition) is 5. The first-order valence-electron chi connectivity index (χ1n) is 8.54. The van der Waals surface area contributed by atoms with Gasteiger partial charge in [-0.1, -0.05) is 12.1 Å². The van der Waals surface area contributed by atoms with E-state index in [0.29, 0.717) is 30.3 Å². The minimum atomic E-state index is -0.290. The Hall–Kier alpha value is -2.09. The minimum Gasteiger partial charge on any atom is -0.383 e. The van der Waals surface area contributed by atoms with Gasteiger partial charge in [0.15, 0.2) is 0 Å². The van der Waals surface area contributed by atoms with Crippen LogP contribution in [0.25, 0.3) is 0 Å². The molecule has 27 heavy (non-hydrogen) atoms. The number of rotatable bonds is 6. The summed E-state index contributed by atoms with van der Waals surface area (Å²) in [5, 5.41) is 6.19. The highest BCUT2D eigenvalue weighted by atomic mass is 35.5. The summed E-state index contributed by atoms with van der Waals surface area (Å²) in [5.41, 5.74) is 7.13. The molecule has 0 saturated carbocycles. The second-order valence-electron chi connectivity index (χ2n) is 6.38. The molecule has 1 aromatic carbocycles. The number of aromatic amines is 1. The van der Waals surface area contributed by atoms with E-state index < -0.39 is 0 Å². The van der Waals surface area contributed by atoms with Gasteiger partial charge in [0.2, 0.25) is 0 Å². The van der Waals surface area contributed by atoms with Gasteiger partial charge in [-0.25, -0.2) is 4.98 Å². The van der Waals surface area contributed by atoms with Gasteiger partial charge in [-0.05, 0) is 49.5 Å². The lowest BCUT2D eigenvalue weighted by Gasteiger charge is -2.09. The molecule has 1 saturated heterocycles. The maximum absolute atomic E-state index is 12.2. The highest BCUT2D eigenvalue weighted by Gasteiger charge is 2.15. The van der Waals surface area contributed by atoms with E-state index >= 15 is 0 Å². The molecule has 9 heteroatoms. The molecule has 2 heterocycles. The van der Waals surface area contributed by atoms with Crippen molar-refractivity contribution in [2.75, 3.05) is 25.4 Å². The lowest BCUT2D eigenvalue weighted by atomic mass is 9.98. The van der Waals surface area contributed by atoms with Crippen molar-refractivity contribution >= 4 is 36.5 Å². The van der Waals surface area contributed by atoms with Gasteiger partial charge in [-0.15, -0.1) is 24.8 Å². The van der Waals surface area contributed by atoms with E-state index in [1.54, 1.807) is 0 Å². The highest BCUT2D eigenvalue weighted by Crippen LogP contribution is 2.15. The third-order valence-electron chi connectivity index (χ3n) is 4.36. The Morgan fingerprint density at radius 3 is 2.63 bits per heavy atom. The number of aromatic nitrogens is 2. The lowest BCUT2D eigenvalue weighted by molar-refractivity contribution is 0.0954. The zero-order valence-corrected chi connectivity index (χ0v) is 16.5. The number of hydrogen-bond donors (Lipinski definition) is 4. The zero-order valence-electron chi connectivity index (χ0n) is 14.9. The molecule has 0 spiro atoms. The van der Waals surface area contributed by atoms with Crippen molar-refractivity contribution in [3.05, 3.63) is 57.6 Å². The van der Waals surface area contributed by atoms with Crippen molar-refractivity contribution in [2.45, 2.75) is 19.3 Å². The van der Waals surface area contributed by atoms with Crippen LogP contribution in [0, 0.1) is 5.92 Å². The summed E-state index contributed by atoms with van der Waals surface area (Å²) in [5.74, 6) is 1.19. The van der Waals surface area contributed by atoms with Gasteiger partial charge in [0, 0.05) is 24.6 Å². The molecule has 0 radical (unpaired) electrons. The van der Waals surface area contributed by atoms with Crippen LogP contribution >= 0.6 is 24.8 Å². The summed E-state index contributed by atoms with van der Waals surface area (Å²) in [4.78, 5) is 30.1. The molecular formula is C18H25Cl2N5O2. The fraction of sp³-hybridized carbons (Fsp3) is 0.389. The number of carbonyl (C=O) groups is 1. The molecular weight excluding hydrogens is 389 g/mol. The number of amides is 1. The molecule has 0 aliphatic carbocycles. The van der Waals surface area contributed by atoms with E-state index in [4.69, 9.17) is 5.73 Å². The first kappa shape index (κ1) is 23.0. The van der Waals surface area contributed by atoms with Crippen molar-refractivity contribution in [3.63, 3.8) is 0 Å². The third-order valence-corrected chi connectivity index (χ3v) is 4.36. The van der Waals surface area contributed by atoms with Crippen LogP contribution in [0.4, 0.5) is 5.82 Å². The standard InChI is InChI=1S/C18H23N5O2.2ClH/c19-15-10-17(24)23-16(22-15)6-8-21-18(25)14-3-1-12(2-4-14)9-13-5-7-20-11-13;;/h1-4,10,13,20H,5-9,11H2,(H,21,25)(H3,19,22,23,24);2*1H. The summed E-state index contributed by atoms with van der Waals surface area (Å²) >= 11 is 0. The Morgan fingerprint density at radius 2 is 2.00 bits per heavy atom.